The quantitative estimate of drug-likeness (QED) is 0.310. The second kappa shape index (κ2) is 3.47. The second-order valence-corrected chi connectivity index (χ2v) is 3.81. The minimum atomic E-state index is -2.22. The number of nitrogens with zero attached hydrogens (tertiary/aromatic N) is 1. The van der Waals surface area contributed by atoms with Crippen LogP contribution in [0.1, 0.15) is 0 Å². The molecule has 0 bridgehead atoms. The Labute approximate surface area is 105 Å². The first-order valence-electron chi connectivity index (χ1n) is 4.16. The summed E-state index contributed by atoms with van der Waals surface area (Å²) < 4.78 is 4.83. The first-order chi connectivity index (χ1) is 6.90. The summed E-state index contributed by atoms with van der Waals surface area (Å²) in [6, 6.07) is 0. The van der Waals surface area contributed by atoms with Crippen molar-refractivity contribution in [1.29, 1.82) is 0 Å². The summed E-state index contributed by atoms with van der Waals surface area (Å²) in [5.74, 6) is 0. The van der Waals surface area contributed by atoms with Crippen LogP contribution in [0.3, 0.4) is 0 Å². The van der Waals surface area contributed by atoms with E-state index in [9.17, 15) is 4.79 Å². The fourth-order valence-corrected chi connectivity index (χ4v) is 1.30. The molecule has 1 rings (SSSR count). The molecular formula is C5HB8NO2. The van der Waals surface area contributed by atoms with E-state index in [2.05, 4.69) is 0 Å². The predicted molar refractivity (Wildman–Crippen MR) is 65.9 cm³/mol. The van der Waals surface area contributed by atoms with Crippen molar-refractivity contribution in [1.82, 2.24) is 4.90 Å². The molecule has 62 valence electrons. The molecule has 0 aliphatic carbocycles. The first-order valence-corrected chi connectivity index (χ1v) is 4.16. The molecule has 1 amide bonds. The molecule has 0 N–H and O–H groups in total. The van der Waals surface area contributed by atoms with Crippen molar-refractivity contribution in [3.63, 3.8) is 0 Å². The molecule has 0 aromatic heterocycles. The Hall–Kier alpha value is -0.0505. The molecule has 0 unspecified atom stereocenters. The van der Waals surface area contributed by atoms with Gasteiger partial charge in [-0.2, -0.15) is 0 Å². The third-order valence-corrected chi connectivity index (χ3v) is 2.49. The third kappa shape index (κ3) is 1.62. The van der Waals surface area contributed by atoms with E-state index < -0.39 is 21.5 Å². The Balaban J connectivity index is 3.35. The zero-order valence-electron chi connectivity index (χ0n) is 8.46. The summed E-state index contributed by atoms with van der Waals surface area (Å²) in [6.07, 6.45) is 0.130. The molecule has 3 nitrogen and oxygen atoms in total. The van der Waals surface area contributed by atoms with Crippen molar-refractivity contribution in [3.05, 3.63) is 0 Å². The van der Waals surface area contributed by atoms with Gasteiger partial charge in [0.15, 0.2) is 0 Å². The molecule has 1 heterocycles. The number of morpholine rings is 1. The molecule has 0 saturated carbocycles. The SMILES string of the molecule is [B]C1([B])OC([B])([B])C([B])([B])N(C=O)C1([B])[B]. The van der Waals surface area contributed by atoms with E-state index in [1.807, 2.05) is 0 Å². The average molecular weight is 194 g/mol. The Morgan fingerprint density at radius 3 is 1.38 bits per heavy atom. The molecule has 0 aromatic carbocycles. The van der Waals surface area contributed by atoms with Crippen LogP contribution < -0.4 is 0 Å². The number of carbonyl (C=O) groups is 1. The van der Waals surface area contributed by atoms with Crippen LogP contribution in [-0.2, 0) is 9.53 Å². The molecule has 1 saturated heterocycles. The van der Waals surface area contributed by atoms with Gasteiger partial charge in [-0.15, -0.1) is 0 Å². The monoisotopic (exact) mass is 195 g/mol. The zero-order valence-corrected chi connectivity index (χ0v) is 8.46. The van der Waals surface area contributed by atoms with Crippen molar-refractivity contribution in [2.75, 3.05) is 0 Å². The Morgan fingerprint density at radius 1 is 0.812 bits per heavy atom. The van der Waals surface area contributed by atoms with E-state index in [0.29, 0.717) is 4.90 Å². The van der Waals surface area contributed by atoms with Gasteiger partial charge in [-0.1, -0.05) is 0 Å². The van der Waals surface area contributed by atoms with Crippen molar-refractivity contribution in [2.24, 2.45) is 0 Å². The maximum absolute atomic E-state index is 10.9. The fourth-order valence-electron chi connectivity index (χ4n) is 1.30. The molecule has 0 aromatic rings. The van der Waals surface area contributed by atoms with Gasteiger partial charge in [0.2, 0.25) is 6.41 Å². The van der Waals surface area contributed by atoms with Gasteiger partial charge in [-0.3, -0.25) is 4.79 Å². The molecule has 16 radical (unpaired) electrons. The van der Waals surface area contributed by atoms with Gasteiger partial charge in [0.25, 0.3) is 0 Å². The summed E-state index contributed by atoms with van der Waals surface area (Å²) in [4.78, 5) is 11.4. The maximum Gasteiger partial charge on any atom is 0.207 e. The van der Waals surface area contributed by atoms with Gasteiger partial charge in [0.05, 0.1) is 31.4 Å². The molecule has 1 fully saturated rings. The van der Waals surface area contributed by atoms with E-state index in [-0.39, 0.29) is 6.41 Å². The van der Waals surface area contributed by atoms with Gasteiger partial charge in [-0.25, -0.2) is 0 Å². The molecule has 1 aliphatic heterocycles. The fraction of sp³-hybridized carbons (Fsp3) is 0.800. The summed E-state index contributed by atoms with van der Waals surface area (Å²) in [7, 11) is 43.9. The maximum atomic E-state index is 10.9. The largest absolute Gasteiger partial charge is 0.405 e. The van der Waals surface area contributed by atoms with Crippen LogP contribution in [-0.4, -0.2) is 95.6 Å². The highest BCUT2D eigenvalue weighted by Crippen LogP contribution is 2.38. The van der Waals surface area contributed by atoms with Gasteiger partial charge in [0, 0.05) is 0 Å². The summed E-state index contributed by atoms with van der Waals surface area (Å²) >= 11 is 0. The topological polar surface area (TPSA) is 29.5 Å². The smallest absolute Gasteiger partial charge is 0.207 e. The standard InChI is InChI=1S/C5HB8NO2/c6-2(7)4(10,11)16-5(12,13)3(8,9)14(2)1-15/h1H. The van der Waals surface area contributed by atoms with Gasteiger partial charge < -0.3 is 9.64 Å². The van der Waals surface area contributed by atoms with Crippen molar-refractivity contribution in [3.8, 4) is 0 Å². The Kier molecular flexibility index (Phi) is 3.04. The van der Waals surface area contributed by atoms with Crippen molar-refractivity contribution < 1.29 is 9.53 Å². The average Bonchev–Trinajstić information content (AvgIpc) is 1.99. The lowest BCUT2D eigenvalue weighted by molar-refractivity contribution is -0.144. The zero-order chi connectivity index (χ0) is 13.0. The van der Waals surface area contributed by atoms with Crippen LogP contribution in [0.5, 0.6) is 0 Å². The predicted octanol–water partition coefficient (Wildman–Crippen LogP) is -4.56. The lowest BCUT2D eigenvalue weighted by atomic mass is 9.30. The van der Waals surface area contributed by atoms with E-state index >= 15 is 0 Å². The summed E-state index contributed by atoms with van der Waals surface area (Å²) in [6.45, 7) is 0. The molecule has 0 atom stereocenters. The van der Waals surface area contributed by atoms with Crippen LogP contribution in [0.4, 0.5) is 0 Å². The number of hydrogen-bond acceptors (Lipinski definition) is 2. The van der Waals surface area contributed by atoms with Gasteiger partial charge >= 0.3 is 0 Å². The lowest BCUT2D eigenvalue weighted by Gasteiger charge is -2.69. The highest BCUT2D eigenvalue weighted by atomic mass is 16.5. The number of rotatable bonds is 1. The minimum absolute atomic E-state index is 0.130. The van der Waals surface area contributed by atoms with Gasteiger partial charge in [-0.05, 0) is 21.5 Å². The number of hydrogen-bond donors (Lipinski definition) is 0. The van der Waals surface area contributed by atoms with Crippen LogP contribution in [0.2, 0.25) is 0 Å². The normalized spacial score (nSPS) is 29.4. The number of amides is 1. The highest BCUT2D eigenvalue weighted by molar-refractivity contribution is 6.59. The molecule has 16 heavy (non-hydrogen) atoms. The second-order valence-electron chi connectivity index (χ2n) is 3.81. The molecular weight excluding hydrogens is 193 g/mol. The summed E-state index contributed by atoms with van der Waals surface area (Å²) in [5, 5.41) is -8.81. The molecule has 0 spiro atoms. The first kappa shape index (κ1) is 14.0. The van der Waals surface area contributed by atoms with Crippen LogP contribution in [0.25, 0.3) is 0 Å². The third-order valence-electron chi connectivity index (χ3n) is 2.49. The van der Waals surface area contributed by atoms with Gasteiger partial charge in [0.1, 0.15) is 31.4 Å². The van der Waals surface area contributed by atoms with Crippen LogP contribution in [0.15, 0.2) is 0 Å². The number of carbonyl (C=O) groups excluding carboxylic acids is 1. The van der Waals surface area contributed by atoms with Crippen molar-refractivity contribution in [2.45, 2.75) is 21.5 Å². The Morgan fingerprint density at radius 2 is 1.12 bits per heavy atom. The number of ether oxygens (including phenoxy) is 1. The highest BCUT2D eigenvalue weighted by Gasteiger charge is 2.56. The van der Waals surface area contributed by atoms with E-state index in [1.165, 1.54) is 0 Å². The van der Waals surface area contributed by atoms with E-state index in [4.69, 9.17) is 67.5 Å². The molecule has 1 aliphatic rings. The van der Waals surface area contributed by atoms with Crippen molar-refractivity contribution >= 4 is 69.2 Å². The minimum Gasteiger partial charge on any atom is -0.405 e. The summed E-state index contributed by atoms with van der Waals surface area (Å²) in [5.41, 5.74) is 0. The Bertz CT molecular complexity index is 290. The van der Waals surface area contributed by atoms with Crippen LogP contribution >= 0.6 is 0 Å². The van der Waals surface area contributed by atoms with E-state index in [0.717, 1.165) is 0 Å². The van der Waals surface area contributed by atoms with E-state index in [1.54, 1.807) is 0 Å². The molecule has 11 heteroatoms. The lowest BCUT2D eigenvalue weighted by Crippen LogP contribution is -2.85. The van der Waals surface area contributed by atoms with Crippen LogP contribution in [0, 0.1) is 0 Å².